The van der Waals surface area contributed by atoms with Crippen molar-refractivity contribution in [1.29, 1.82) is 0 Å². The maximum atomic E-state index is 11.4. The van der Waals surface area contributed by atoms with Gasteiger partial charge in [0, 0.05) is 11.9 Å². The van der Waals surface area contributed by atoms with E-state index >= 15 is 0 Å². The van der Waals surface area contributed by atoms with Crippen molar-refractivity contribution in [3.63, 3.8) is 0 Å². The molecule has 2 heterocycles. The lowest BCUT2D eigenvalue weighted by atomic mass is 10.2. The Balaban J connectivity index is 1.85. The number of alkyl carbamates (subject to hydrolysis) is 1. The number of ether oxygens (including phenoxy) is 1. The van der Waals surface area contributed by atoms with Crippen LogP contribution in [-0.4, -0.2) is 33.4 Å². The van der Waals surface area contributed by atoms with E-state index in [9.17, 15) is 4.79 Å². The van der Waals surface area contributed by atoms with E-state index in [1.807, 2.05) is 39.0 Å². The number of carbonyl (C=O) groups excluding carboxylic acids is 1. The lowest BCUT2D eigenvalue weighted by Gasteiger charge is -2.19. The number of carbonyl (C=O) groups is 1. The van der Waals surface area contributed by atoms with Gasteiger partial charge in [-0.3, -0.25) is 10.1 Å². The van der Waals surface area contributed by atoms with Gasteiger partial charge in [0.05, 0.1) is 23.6 Å². The van der Waals surface area contributed by atoms with E-state index in [2.05, 4.69) is 20.5 Å². The fourth-order valence-electron chi connectivity index (χ4n) is 1.59. The summed E-state index contributed by atoms with van der Waals surface area (Å²) in [5.74, 6) is 0. The number of pyridine rings is 1. The molecule has 20 heavy (non-hydrogen) atoms. The second-order valence-electron chi connectivity index (χ2n) is 5.35. The molecule has 0 saturated heterocycles. The number of hydrogen-bond acceptors (Lipinski definition) is 4. The first kappa shape index (κ1) is 14.0. The molecule has 2 N–H and O–H groups in total. The van der Waals surface area contributed by atoms with Gasteiger partial charge >= 0.3 is 6.09 Å². The number of amides is 1. The Kier molecular flexibility index (Phi) is 4.02. The van der Waals surface area contributed by atoms with Gasteiger partial charge in [0.2, 0.25) is 0 Å². The maximum absolute atomic E-state index is 11.4. The van der Waals surface area contributed by atoms with Gasteiger partial charge in [-0.15, -0.1) is 0 Å². The third kappa shape index (κ3) is 4.08. The average Bonchev–Trinajstić information content (AvgIpc) is 2.79. The van der Waals surface area contributed by atoms with Crippen LogP contribution in [0.3, 0.4) is 0 Å². The summed E-state index contributed by atoms with van der Waals surface area (Å²) in [5.41, 5.74) is 1.22. The summed E-state index contributed by atoms with van der Waals surface area (Å²) >= 11 is 0. The van der Waals surface area contributed by atoms with Crippen LogP contribution in [0.4, 0.5) is 4.79 Å². The first-order valence-electron chi connectivity index (χ1n) is 6.36. The molecule has 0 aliphatic rings. The average molecular weight is 274 g/mol. The van der Waals surface area contributed by atoms with Gasteiger partial charge in [-0.25, -0.2) is 4.79 Å². The molecule has 0 aromatic carbocycles. The van der Waals surface area contributed by atoms with Crippen LogP contribution in [0, 0.1) is 0 Å². The highest BCUT2D eigenvalue weighted by atomic mass is 16.6. The molecule has 0 atom stereocenters. The minimum Gasteiger partial charge on any atom is -0.444 e. The third-order valence-electron chi connectivity index (χ3n) is 2.40. The zero-order chi connectivity index (χ0) is 14.6. The monoisotopic (exact) mass is 274 g/mol. The molecule has 0 unspecified atom stereocenters. The summed E-state index contributed by atoms with van der Waals surface area (Å²) in [5, 5.41) is 10.4. The molecule has 0 bridgehead atoms. The number of aromatic nitrogens is 3. The van der Waals surface area contributed by atoms with E-state index in [4.69, 9.17) is 4.74 Å². The van der Waals surface area contributed by atoms with Crippen molar-refractivity contribution in [3.05, 3.63) is 30.2 Å². The Morgan fingerprint density at radius 2 is 2.25 bits per heavy atom. The molecule has 2 aromatic heterocycles. The predicted octanol–water partition coefficient (Wildman–Crippen LogP) is 2.50. The van der Waals surface area contributed by atoms with Crippen molar-refractivity contribution in [2.45, 2.75) is 26.4 Å². The van der Waals surface area contributed by atoms with E-state index in [-0.39, 0.29) is 0 Å². The van der Waals surface area contributed by atoms with Gasteiger partial charge in [-0.2, -0.15) is 5.10 Å². The number of nitrogens with zero attached hydrogens (tertiary/aromatic N) is 2. The molecule has 0 aliphatic heterocycles. The van der Waals surface area contributed by atoms with Crippen molar-refractivity contribution < 1.29 is 9.53 Å². The standard InChI is InChI=1S/C14H18N4O2/c1-14(2,3)20-13(19)15-6-4-5-11-7-10-8-17-18-12(10)9-16-11/h4-5,7-9H,6H2,1-3H3,(H,15,19)(H,17,18). The first-order chi connectivity index (χ1) is 9.44. The molecule has 0 aliphatic carbocycles. The summed E-state index contributed by atoms with van der Waals surface area (Å²) in [7, 11) is 0. The number of rotatable bonds is 3. The summed E-state index contributed by atoms with van der Waals surface area (Å²) in [6, 6.07) is 1.92. The molecule has 0 radical (unpaired) electrons. The van der Waals surface area contributed by atoms with Gasteiger partial charge in [0.25, 0.3) is 0 Å². The number of fused-ring (bicyclic) bond motifs is 1. The minimum absolute atomic E-state index is 0.389. The molecule has 106 valence electrons. The summed E-state index contributed by atoms with van der Waals surface area (Å²) < 4.78 is 5.13. The van der Waals surface area contributed by atoms with Gasteiger partial charge in [0.15, 0.2) is 0 Å². The Morgan fingerprint density at radius 3 is 3.00 bits per heavy atom. The van der Waals surface area contributed by atoms with E-state index in [1.165, 1.54) is 0 Å². The minimum atomic E-state index is -0.484. The second kappa shape index (κ2) is 5.73. The second-order valence-corrected chi connectivity index (χ2v) is 5.35. The number of H-pyrrole nitrogens is 1. The van der Waals surface area contributed by atoms with Crippen LogP contribution in [0.2, 0.25) is 0 Å². The topological polar surface area (TPSA) is 79.9 Å². The summed E-state index contributed by atoms with van der Waals surface area (Å²) in [6.45, 7) is 5.87. The van der Waals surface area contributed by atoms with Gasteiger partial charge in [-0.05, 0) is 32.9 Å². The van der Waals surface area contributed by atoms with E-state index in [0.717, 1.165) is 16.6 Å². The summed E-state index contributed by atoms with van der Waals surface area (Å²) in [6.07, 6.45) is 6.69. The van der Waals surface area contributed by atoms with Gasteiger partial charge < -0.3 is 10.1 Å². The molecule has 6 heteroatoms. The normalized spacial score (nSPS) is 11.9. The molecule has 2 aromatic rings. The zero-order valence-corrected chi connectivity index (χ0v) is 11.8. The molecule has 0 fully saturated rings. The van der Waals surface area contributed by atoms with Crippen LogP contribution in [0.5, 0.6) is 0 Å². The van der Waals surface area contributed by atoms with Crippen LogP contribution in [0.25, 0.3) is 17.0 Å². The van der Waals surface area contributed by atoms with E-state index in [0.29, 0.717) is 6.54 Å². The molecule has 1 amide bonds. The highest BCUT2D eigenvalue weighted by Gasteiger charge is 2.14. The molecule has 6 nitrogen and oxygen atoms in total. The number of aromatic amines is 1. The highest BCUT2D eigenvalue weighted by molar-refractivity contribution is 5.78. The van der Waals surface area contributed by atoms with Crippen LogP contribution < -0.4 is 5.32 Å². The molecular formula is C14H18N4O2. The Labute approximate surface area is 117 Å². The van der Waals surface area contributed by atoms with Crippen molar-refractivity contribution >= 4 is 23.1 Å². The number of hydrogen-bond donors (Lipinski definition) is 2. The zero-order valence-electron chi connectivity index (χ0n) is 11.8. The quantitative estimate of drug-likeness (QED) is 0.901. The fourth-order valence-corrected chi connectivity index (χ4v) is 1.59. The van der Waals surface area contributed by atoms with E-state index in [1.54, 1.807) is 12.4 Å². The lowest BCUT2D eigenvalue weighted by molar-refractivity contribution is 0.0534. The molecule has 2 rings (SSSR count). The van der Waals surface area contributed by atoms with Crippen LogP contribution >= 0.6 is 0 Å². The maximum Gasteiger partial charge on any atom is 0.407 e. The van der Waals surface area contributed by atoms with Crippen LogP contribution in [-0.2, 0) is 4.74 Å². The van der Waals surface area contributed by atoms with Gasteiger partial charge in [0.1, 0.15) is 5.60 Å². The van der Waals surface area contributed by atoms with Crippen molar-refractivity contribution in [1.82, 2.24) is 20.5 Å². The highest BCUT2D eigenvalue weighted by Crippen LogP contribution is 2.11. The Bertz CT molecular complexity index is 625. The van der Waals surface area contributed by atoms with Crippen LogP contribution in [0.15, 0.2) is 24.5 Å². The number of nitrogens with one attached hydrogen (secondary N) is 2. The Morgan fingerprint density at radius 1 is 1.45 bits per heavy atom. The van der Waals surface area contributed by atoms with Crippen LogP contribution in [0.1, 0.15) is 26.5 Å². The Hall–Kier alpha value is -2.37. The fraction of sp³-hybridized carbons (Fsp3) is 0.357. The van der Waals surface area contributed by atoms with Gasteiger partial charge in [-0.1, -0.05) is 6.08 Å². The molecule has 0 saturated carbocycles. The van der Waals surface area contributed by atoms with Crippen molar-refractivity contribution in [3.8, 4) is 0 Å². The van der Waals surface area contributed by atoms with E-state index < -0.39 is 11.7 Å². The molecule has 0 spiro atoms. The summed E-state index contributed by atoms with van der Waals surface area (Å²) in [4.78, 5) is 15.7. The first-order valence-corrected chi connectivity index (χ1v) is 6.36. The molecular weight excluding hydrogens is 256 g/mol. The smallest absolute Gasteiger partial charge is 0.407 e. The van der Waals surface area contributed by atoms with Crippen molar-refractivity contribution in [2.75, 3.05) is 6.54 Å². The lowest BCUT2D eigenvalue weighted by Crippen LogP contribution is -2.32. The largest absolute Gasteiger partial charge is 0.444 e. The third-order valence-corrected chi connectivity index (χ3v) is 2.40. The predicted molar refractivity (Wildman–Crippen MR) is 77.2 cm³/mol. The SMILES string of the molecule is CC(C)(C)OC(=O)NCC=Cc1cc2cn[nH]c2cn1. The van der Waals surface area contributed by atoms with Crippen molar-refractivity contribution in [2.24, 2.45) is 0 Å².